The molecule has 0 fully saturated rings. The van der Waals surface area contributed by atoms with E-state index < -0.39 is 0 Å². The Bertz CT molecular complexity index is 242. The van der Waals surface area contributed by atoms with Crippen LogP contribution < -0.4 is 10.5 Å². The molecule has 1 aromatic carbocycles. The van der Waals surface area contributed by atoms with Gasteiger partial charge in [0.05, 0.1) is 13.2 Å². The van der Waals surface area contributed by atoms with Gasteiger partial charge in [-0.05, 0) is 17.7 Å². The van der Waals surface area contributed by atoms with Gasteiger partial charge >= 0.3 is 0 Å². The quantitative estimate of drug-likeness (QED) is 0.762. The van der Waals surface area contributed by atoms with Gasteiger partial charge in [-0.2, -0.15) is 0 Å². The highest BCUT2D eigenvalue weighted by Gasteiger charge is 2.06. The SMILES string of the molecule is COc1ccc([C@H](CN)OC)cc1. The van der Waals surface area contributed by atoms with E-state index in [0.717, 1.165) is 11.3 Å². The minimum Gasteiger partial charge on any atom is -0.497 e. The minimum absolute atomic E-state index is 0.0223. The zero-order valence-corrected chi connectivity index (χ0v) is 7.99. The summed E-state index contributed by atoms with van der Waals surface area (Å²) >= 11 is 0. The first kappa shape index (κ1) is 10.0. The van der Waals surface area contributed by atoms with Crippen molar-refractivity contribution in [1.82, 2.24) is 0 Å². The van der Waals surface area contributed by atoms with Crippen LogP contribution in [0.25, 0.3) is 0 Å². The van der Waals surface area contributed by atoms with Crippen LogP contribution in [-0.4, -0.2) is 20.8 Å². The zero-order chi connectivity index (χ0) is 9.68. The van der Waals surface area contributed by atoms with Gasteiger partial charge in [-0.15, -0.1) is 0 Å². The van der Waals surface area contributed by atoms with E-state index in [1.165, 1.54) is 0 Å². The second kappa shape index (κ2) is 4.84. The summed E-state index contributed by atoms with van der Waals surface area (Å²) in [5.41, 5.74) is 6.60. The molecule has 0 heterocycles. The Morgan fingerprint density at radius 1 is 1.23 bits per heavy atom. The van der Waals surface area contributed by atoms with Crippen LogP contribution in [0.3, 0.4) is 0 Å². The molecule has 0 aliphatic heterocycles. The van der Waals surface area contributed by atoms with Gasteiger partial charge in [0.1, 0.15) is 5.75 Å². The zero-order valence-electron chi connectivity index (χ0n) is 7.99. The molecule has 0 aromatic heterocycles. The van der Waals surface area contributed by atoms with Crippen LogP contribution in [0.2, 0.25) is 0 Å². The van der Waals surface area contributed by atoms with Crippen molar-refractivity contribution in [3.05, 3.63) is 29.8 Å². The summed E-state index contributed by atoms with van der Waals surface area (Å²) in [7, 11) is 3.30. The van der Waals surface area contributed by atoms with E-state index in [2.05, 4.69) is 0 Å². The molecule has 0 saturated carbocycles. The summed E-state index contributed by atoms with van der Waals surface area (Å²) in [6.07, 6.45) is -0.0223. The molecule has 0 saturated heterocycles. The molecule has 0 aliphatic rings. The highest BCUT2D eigenvalue weighted by atomic mass is 16.5. The normalized spacial score (nSPS) is 12.5. The van der Waals surface area contributed by atoms with Crippen LogP contribution in [0.5, 0.6) is 5.75 Å². The van der Waals surface area contributed by atoms with E-state index in [1.54, 1.807) is 14.2 Å². The van der Waals surface area contributed by atoms with Gasteiger partial charge in [0.2, 0.25) is 0 Å². The molecule has 0 bridgehead atoms. The topological polar surface area (TPSA) is 44.5 Å². The minimum atomic E-state index is -0.0223. The Balaban J connectivity index is 2.78. The van der Waals surface area contributed by atoms with E-state index in [9.17, 15) is 0 Å². The molecule has 2 N–H and O–H groups in total. The Morgan fingerprint density at radius 2 is 1.85 bits per heavy atom. The lowest BCUT2D eigenvalue weighted by molar-refractivity contribution is 0.110. The summed E-state index contributed by atoms with van der Waals surface area (Å²) in [4.78, 5) is 0. The number of nitrogens with two attached hydrogens (primary N) is 1. The smallest absolute Gasteiger partial charge is 0.118 e. The number of ether oxygens (including phenoxy) is 2. The van der Waals surface area contributed by atoms with E-state index >= 15 is 0 Å². The van der Waals surface area contributed by atoms with Crippen LogP contribution in [0.15, 0.2) is 24.3 Å². The largest absolute Gasteiger partial charge is 0.497 e. The first-order valence-corrected chi connectivity index (χ1v) is 4.18. The van der Waals surface area contributed by atoms with Crippen molar-refractivity contribution in [2.45, 2.75) is 6.10 Å². The Labute approximate surface area is 78.5 Å². The molecule has 0 amide bonds. The van der Waals surface area contributed by atoms with Gasteiger partial charge in [-0.3, -0.25) is 0 Å². The van der Waals surface area contributed by atoms with Crippen LogP contribution in [0, 0.1) is 0 Å². The van der Waals surface area contributed by atoms with Crippen LogP contribution >= 0.6 is 0 Å². The molecule has 0 radical (unpaired) electrons. The molecule has 0 unspecified atom stereocenters. The molecular formula is C10H15NO2. The van der Waals surface area contributed by atoms with E-state index in [1.807, 2.05) is 24.3 Å². The van der Waals surface area contributed by atoms with Gasteiger partial charge in [0, 0.05) is 13.7 Å². The summed E-state index contributed by atoms with van der Waals surface area (Å²) in [5.74, 6) is 0.843. The lowest BCUT2D eigenvalue weighted by atomic mass is 10.1. The third-order valence-electron chi connectivity index (χ3n) is 1.99. The standard InChI is InChI=1S/C10H15NO2/c1-12-9-5-3-8(4-6-9)10(7-11)13-2/h3-6,10H,7,11H2,1-2H3/t10-/m0/s1. The van der Waals surface area contributed by atoms with Crippen molar-refractivity contribution in [2.75, 3.05) is 20.8 Å². The third kappa shape index (κ3) is 2.44. The van der Waals surface area contributed by atoms with Gasteiger partial charge in [-0.25, -0.2) is 0 Å². The van der Waals surface area contributed by atoms with Crippen molar-refractivity contribution < 1.29 is 9.47 Å². The molecule has 1 aromatic rings. The van der Waals surface area contributed by atoms with Crippen LogP contribution in [0.4, 0.5) is 0 Å². The van der Waals surface area contributed by atoms with Gasteiger partial charge in [0.15, 0.2) is 0 Å². The number of rotatable bonds is 4. The van der Waals surface area contributed by atoms with Crippen LogP contribution in [-0.2, 0) is 4.74 Å². The second-order valence-corrected chi connectivity index (χ2v) is 2.73. The second-order valence-electron chi connectivity index (χ2n) is 2.73. The van der Waals surface area contributed by atoms with E-state index in [0.29, 0.717) is 6.54 Å². The monoisotopic (exact) mass is 181 g/mol. The summed E-state index contributed by atoms with van der Waals surface area (Å²) in [6, 6.07) is 7.72. The van der Waals surface area contributed by atoms with E-state index in [-0.39, 0.29) is 6.10 Å². The number of benzene rings is 1. The van der Waals surface area contributed by atoms with Gasteiger partial charge in [-0.1, -0.05) is 12.1 Å². The Morgan fingerprint density at radius 3 is 2.23 bits per heavy atom. The first-order chi connectivity index (χ1) is 6.31. The Kier molecular flexibility index (Phi) is 3.73. The summed E-state index contributed by atoms with van der Waals surface area (Å²) < 4.78 is 10.2. The van der Waals surface area contributed by atoms with E-state index in [4.69, 9.17) is 15.2 Å². The van der Waals surface area contributed by atoms with Gasteiger partial charge < -0.3 is 15.2 Å². The summed E-state index contributed by atoms with van der Waals surface area (Å²) in [6.45, 7) is 0.489. The van der Waals surface area contributed by atoms with Crippen molar-refractivity contribution in [1.29, 1.82) is 0 Å². The molecule has 1 rings (SSSR count). The van der Waals surface area contributed by atoms with Crippen LogP contribution in [0.1, 0.15) is 11.7 Å². The third-order valence-corrected chi connectivity index (χ3v) is 1.99. The maximum absolute atomic E-state index is 5.53. The molecule has 0 aliphatic carbocycles. The van der Waals surface area contributed by atoms with Gasteiger partial charge in [0.25, 0.3) is 0 Å². The predicted molar refractivity (Wildman–Crippen MR) is 51.8 cm³/mol. The molecule has 13 heavy (non-hydrogen) atoms. The molecule has 72 valence electrons. The van der Waals surface area contributed by atoms with Crippen molar-refractivity contribution in [2.24, 2.45) is 5.73 Å². The molecule has 3 heteroatoms. The Hall–Kier alpha value is -1.06. The average Bonchev–Trinajstić information content (AvgIpc) is 2.21. The average molecular weight is 181 g/mol. The fraction of sp³-hybridized carbons (Fsp3) is 0.400. The maximum Gasteiger partial charge on any atom is 0.118 e. The highest BCUT2D eigenvalue weighted by Crippen LogP contribution is 2.18. The van der Waals surface area contributed by atoms with Crippen molar-refractivity contribution in [3.8, 4) is 5.75 Å². The number of methoxy groups -OCH3 is 2. The molecular weight excluding hydrogens is 166 g/mol. The summed E-state index contributed by atoms with van der Waals surface area (Å²) in [5, 5.41) is 0. The lowest BCUT2D eigenvalue weighted by Gasteiger charge is -2.13. The fourth-order valence-corrected chi connectivity index (χ4v) is 1.19. The predicted octanol–water partition coefficient (Wildman–Crippen LogP) is 1.34. The van der Waals surface area contributed by atoms with Crippen molar-refractivity contribution in [3.63, 3.8) is 0 Å². The molecule has 3 nitrogen and oxygen atoms in total. The maximum atomic E-state index is 5.53. The number of hydrogen-bond donors (Lipinski definition) is 1. The number of hydrogen-bond acceptors (Lipinski definition) is 3. The molecule has 1 atom stereocenters. The first-order valence-electron chi connectivity index (χ1n) is 4.18. The highest BCUT2D eigenvalue weighted by molar-refractivity contribution is 5.28. The fourth-order valence-electron chi connectivity index (χ4n) is 1.19. The lowest BCUT2D eigenvalue weighted by Crippen LogP contribution is -2.13. The molecule has 0 spiro atoms. The van der Waals surface area contributed by atoms with Crippen molar-refractivity contribution >= 4 is 0 Å².